The fraction of sp³-hybridized carbons (Fsp3) is 0.286. The summed E-state index contributed by atoms with van der Waals surface area (Å²) in [6.07, 6.45) is 9.55. The van der Waals surface area contributed by atoms with Crippen LogP contribution in [0.15, 0.2) is 72.1 Å². The van der Waals surface area contributed by atoms with Gasteiger partial charge < -0.3 is 14.2 Å². The van der Waals surface area contributed by atoms with Gasteiger partial charge in [0.05, 0.1) is 7.11 Å². The molecule has 1 fully saturated rings. The highest BCUT2D eigenvalue weighted by molar-refractivity contribution is 7.92. The first-order valence-corrected chi connectivity index (χ1v) is 14.2. The zero-order valence-electron chi connectivity index (χ0n) is 21.7. The fourth-order valence-electron chi connectivity index (χ4n) is 4.25. The minimum atomic E-state index is -4.14. The molecule has 0 amide bonds. The van der Waals surface area contributed by atoms with Crippen LogP contribution in [0.4, 0.5) is 5.82 Å². The molecule has 5 rings (SSSR count). The number of pyridine rings is 2. The summed E-state index contributed by atoms with van der Waals surface area (Å²) < 4.78 is 47.5. The van der Waals surface area contributed by atoms with Crippen LogP contribution < -0.4 is 18.9 Å². The van der Waals surface area contributed by atoms with E-state index in [0.717, 1.165) is 37.7 Å². The van der Waals surface area contributed by atoms with E-state index in [1.54, 1.807) is 54.9 Å². The van der Waals surface area contributed by atoms with Gasteiger partial charge in [0.25, 0.3) is 15.9 Å². The molecule has 1 N–H and O–H groups in total. The molecule has 0 spiro atoms. The Hall–Kier alpha value is -4.25. The van der Waals surface area contributed by atoms with Crippen molar-refractivity contribution in [1.82, 2.24) is 19.9 Å². The maximum absolute atomic E-state index is 13.4. The number of ether oxygens (including phenoxy) is 3. The first-order chi connectivity index (χ1) is 18.9. The first-order valence-electron chi connectivity index (χ1n) is 12.7. The van der Waals surface area contributed by atoms with Gasteiger partial charge in [-0.15, -0.1) is 0 Å². The molecule has 3 aromatic heterocycles. The van der Waals surface area contributed by atoms with Crippen molar-refractivity contribution >= 4 is 15.8 Å². The van der Waals surface area contributed by atoms with Crippen LogP contribution in [0.5, 0.6) is 23.1 Å². The van der Waals surface area contributed by atoms with Gasteiger partial charge in [0, 0.05) is 24.2 Å². The smallest absolute Gasteiger partial charge is 0.280 e. The fourth-order valence-corrected chi connectivity index (χ4v) is 5.18. The number of hydrogen-bond acceptors (Lipinski definition) is 9. The van der Waals surface area contributed by atoms with Crippen LogP contribution in [-0.4, -0.2) is 41.6 Å². The SMILES string of the molecule is COc1ccccc1Oc1c(NS(=O)(=O)c2ccc(C)cn2)nc(-c2ccncc2)nc1OC1CCCCC1. The quantitative estimate of drug-likeness (QED) is 0.287. The van der Waals surface area contributed by atoms with E-state index in [1.807, 2.05) is 6.92 Å². The highest BCUT2D eigenvalue weighted by atomic mass is 32.2. The maximum atomic E-state index is 13.4. The number of hydrogen-bond donors (Lipinski definition) is 1. The molecule has 0 unspecified atom stereocenters. The molecule has 0 aliphatic heterocycles. The summed E-state index contributed by atoms with van der Waals surface area (Å²) in [5.41, 5.74) is 1.47. The second-order valence-corrected chi connectivity index (χ2v) is 10.8. The molecule has 4 aromatic rings. The number of aromatic nitrogens is 4. The Morgan fingerprint density at radius 2 is 1.67 bits per heavy atom. The van der Waals surface area contributed by atoms with Gasteiger partial charge in [0.15, 0.2) is 28.2 Å². The lowest BCUT2D eigenvalue weighted by Crippen LogP contribution is -2.22. The van der Waals surface area contributed by atoms with Gasteiger partial charge >= 0.3 is 0 Å². The van der Waals surface area contributed by atoms with E-state index >= 15 is 0 Å². The number of benzene rings is 1. The minimum absolute atomic E-state index is 0.0265. The number of sulfonamides is 1. The molecule has 0 atom stereocenters. The molecular weight excluding hydrogens is 518 g/mol. The van der Waals surface area contributed by atoms with Gasteiger partial charge in [0.1, 0.15) is 6.10 Å². The predicted molar refractivity (Wildman–Crippen MR) is 146 cm³/mol. The van der Waals surface area contributed by atoms with Crippen LogP contribution in [0.3, 0.4) is 0 Å². The molecule has 10 nitrogen and oxygen atoms in total. The maximum Gasteiger partial charge on any atom is 0.280 e. The monoisotopic (exact) mass is 547 g/mol. The van der Waals surface area contributed by atoms with Crippen molar-refractivity contribution in [2.24, 2.45) is 0 Å². The molecule has 3 heterocycles. The predicted octanol–water partition coefficient (Wildman–Crippen LogP) is 5.56. The third kappa shape index (κ3) is 6.26. The topological polar surface area (TPSA) is 125 Å². The molecule has 1 aromatic carbocycles. The molecule has 1 aliphatic rings. The van der Waals surface area contributed by atoms with Gasteiger partial charge in [-0.1, -0.05) is 24.6 Å². The highest BCUT2D eigenvalue weighted by Gasteiger charge is 2.28. The molecule has 39 heavy (non-hydrogen) atoms. The molecule has 1 saturated carbocycles. The Bertz CT molecular complexity index is 1530. The van der Waals surface area contributed by atoms with Crippen molar-refractivity contribution in [3.8, 4) is 34.5 Å². The number of nitrogens with zero attached hydrogens (tertiary/aromatic N) is 4. The Balaban J connectivity index is 1.66. The summed E-state index contributed by atoms with van der Waals surface area (Å²) >= 11 is 0. The van der Waals surface area contributed by atoms with Crippen LogP contribution in [0.25, 0.3) is 11.4 Å². The van der Waals surface area contributed by atoms with Crippen molar-refractivity contribution < 1.29 is 22.6 Å². The van der Waals surface area contributed by atoms with E-state index in [9.17, 15) is 8.42 Å². The Morgan fingerprint density at radius 1 is 0.923 bits per heavy atom. The summed E-state index contributed by atoms with van der Waals surface area (Å²) in [6, 6.07) is 13.6. The van der Waals surface area contributed by atoms with Crippen molar-refractivity contribution in [3.05, 3.63) is 72.7 Å². The molecule has 0 saturated heterocycles. The highest BCUT2D eigenvalue weighted by Crippen LogP contribution is 2.42. The average Bonchev–Trinajstić information content (AvgIpc) is 2.96. The van der Waals surface area contributed by atoms with E-state index in [2.05, 4.69) is 24.7 Å². The zero-order chi connectivity index (χ0) is 27.2. The number of rotatable bonds is 9. The van der Waals surface area contributed by atoms with Crippen molar-refractivity contribution in [3.63, 3.8) is 0 Å². The van der Waals surface area contributed by atoms with E-state index in [4.69, 9.17) is 14.2 Å². The standard InChI is InChI=1S/C28H29N5O5S/c1-19-12-13-24(30-18-19)39(34,35)33-27-25(38-23-11-7-6-10-22(23)36-2)28(37-21-8-4-3-5-9-21)32-26(31-27)20-14-16-29-17-15-20/h6-7,10-18,21H,3-5,8-9H2,1-2H3,(H,31,32,33). The van der Waals surface area contributed by atoms with Gasteiger partial charge in [-0.25, -0.2) is 9.97 Å². The van der Waals surface area contributed by atoms with Gasteiger partial charge in [-0.05, 0) is 68.5 Å². The number of aryl methyl sites for hydroxylation is 1. The van der Waals surface area contributed by atoms with Crippen LogP contribution in [-0.2, 0) is 10.0 Å². The van der Waals surface area contributed by atoms with E-state index in [-0.39, 0.29) is 34.4 Å². The summed E-state index contributed by atoms with van der Waals surface area (Å²) in [5, 5.41) is -0.157. The number of para-hydroxylation sites is 2. The average molecular weight is 548 g/mol. The summed E-state index contributed by atoms with van der Waals surface area (Å²) in [5.74, 6) is 1.12. The van der Waals surface area contributed by atoms with Crippen LogP contribution >= 0.6 is 0 Å². The summed E-state index contributed by atoms with van der Waals surface area (Å²) in [6.45, 7) is 1.83. The third-order valence-corrected chi connectivity index (χ3v) is 7.53. The van der Waals surface area contributed by atoms with E-state index < -0.39 is 10.0 Å². The van der Waals surface area contributed by atoms with Crippen LogP contribution in [0.2, 0.25) is 0 Å². The van der Waals surface area contributed by atoms with Crippen molar-refractivity contribution in [1.29, 1.82) is 0 Å². The summed E-state index contributed by atoms with van der Waals surface area (Å²) in [7, 11) is -2.61. The lowest BCUT2D eigenvalue weighted by Gasteiger charge is -2.24. The van der Waals surface area contributed by atoms with E-state index in [1.165, 1.54) is 19.4 Å². The largest absolute Gasteiger partial charge is 0.493 e. The molecule has 202 valence electrons. The molecule has 0 radical (unpaired) electrons. The normalized spacial score (nSPS) is 14.0. The molecule has 11 heteroatoms. The number of methoxy groups -OCH3 is 1. The van der Waals surface area contributed by atoms with Crippen molar-refractivity contribution in [2.75, 3.05) is 11.8 Å². The van der Waals surface area contributed by atoms with Crippen LogP contribution in [0.1, 0.15) is 37.7 Å². The number of nitrogens with one attached hydrogen (secondary N) is 1. The van der Waals surface area contributed by atoms with Gasteiger partial charge in [0.2, 0.25) is 5.75 Å². The first kappa shape index (κ1) is 26.4. The van der Waals surface area contributed by atoms with Crippen molar-refractivity contribution in [2.45, 2.75) is 50.2 Å². The number of anilines is 1. The van der Waals surface area contributed by atoms with E-state index in [0.29, 0.717) is 17.1 Å². The van der Waals surface area contributed by atoms with Gasteiger partial charge in [-0.2, -0.15) is 13.4 Å². The lowest BCUT2D eigenvalue weighted by atomic mass is 9.98. The molecule has 0 bridgehead atoms. The molecule has 1 aliphatic carbocycles. The third-order valence-electron chi connectivity index (χ3n) is 6.28. The Morgan fingerprint density at radius 3 is 2.36 bits per heavy atom. The molecular formula is C28H29N5O5S. The zero-order valence-corrected chi connectivity index (χ0v) is 22.5. The van der Waals surface area contributed by atoms with Gasteiger partial charge in [-0.3, -0.25) is 9.71 Å². The second-order valence-electron chi connectivity index (χ2n) is 9.18. The minimum Gasteiger partial charge on any atom is -0.493 e. The van der Waals surface area contributed by atoms with Crippen LogP contribution in [0, 0.1) is 6.92 Å². The Labute approximate surface area is 227 Å². The summed E-state index contributed by atoms with van der Waals surface area (Å²) in [4.78, 5) is 17.4. The lowest BCUT2D eigenvalue weighted by molar-refractivity contribution is 0.144. The Kier molecular flexibility index (Phi) is 7.87. The second kappa shape index (κ2) is 11.6.